The van der Waals surface area contributed by atoms with Crippen molar-refractivity contribution in [2.45, 2.75) is 15.7 Å². The topological polar surface area (TPSA) is 4.93 Å². The van der Waals surface area contributed by atoms with Gasteiger partial charge in [-0.25, -0.2) is 0 Å². The Morgan fingerprint density at radius 3 is 1.35 bits per heavy atom. The zero-order valence-electron chi connectivity index (χ0n) is 26.6. The summed E-state index contributed by atoms with van der Waals surface area (Å²) in [5.41, 5.74) is 7.80. The maximum atomic E-state index is 2.50. The molecule has 0 unspecified atom stereocenters. The molecular weight excluding hydrogens is 611 g/mol. The van der Waals surface area contributed by atoms with Crippen molar-refractivity contribution in [2.24, 2.45) is 0 Å². The molecule has 0 amide bonds. The first kappa shape index (κ1) is 27.2. The summed E-state index contributed by atoms with van der Waals surface area (Å²) >= 11 is 1.97. The second-order valence-corrected chi connectivity index (χ2v) is 14.2. The number of para-hydroxylation sites is 2. The van der Waals surface area contributed by atoms with Crippen LogP contribution in [0.4, 0.5) is 0 Å². The number of rotatable bonds is 2. The van der Waals surface area contributed by atoms with Crippen LogP contribution < -0.4 is 0 Å². The van der Waals surface area contributed by atoms with Crippen molar-refractivity contribution in [3.63, 3.8) is 0 Å². The maximum Gasteiger partial charge on any atom is 0.0541 e. The molecule has 2 heterocycles. The van der Waals surface area contributed by atoms with Gasteiger partial charge in [-0.15, -0.1) is 0 Å². The summed E-state index contributed by atoms with van der Waals surface area (Å²) in [6.45, 7) is 0. The molecule has 1 aromatic heterocycles. The molecule has 1 aliphatic rings. The highest BCUT2D eigenvalue weighted by Gasteiger charge is 2.34. The molecule has 2 heteroatoms. The fraction of sp³-hybridized carbons (Fsp3) is 0.0213. The minimum atomic E-state index is 0.0403. The summed E-state index contributed by atoms with van der Waals surface area (Å²) in [5.74, 6) is 0.0403. The number of nitrogens with zero attached hydrogens (tertiary/aromatic N) is 1. The Labute approximate surface area is 288 Å². The van der Waals surface area contributed by atoms with Crippen LogP contribution in [0.1, 0.15) is 22.6 Å². The zero-order valence-corrected chi connectivity index (χ0v) is 27.4. The van der Waals surface area contributed by atoms with Gasteiger partial charge in [0.2, 0.25) is 0 Å². The minimum Gasteiger partial charge on any atom is -0.309 e. The van der Waals surface area contributed by atoms with E-state index in [2.05, 4.69) is 174 Å². The van der Waals surface area contributed by atoms with E-state index >= 15 is 0 Å². The summed E-state index contributed by atoms with van der Waals surface area (Å²) in [4.78, 5) is 2.75. The van der Waals surface area contributed by atoms with Crippen LogP contribution in [0.25, 0.3) is 70.6 Å². The summed E-state index contributed by atoms with van der Waals surface area (Å²) < 4.78 is 2.42. The molecule has 0 fully saturated rings. The standard InChI is InChI=1S/C47H29NS/c1-2-14-30(15-3-1)48-41-25-13-12-20-35(41)40-28-29(26-27-42(40)48)43-44-36-21-8-4-16-31(36)33-18-6-10-23-38(33)46(44)49-47-39-24-11-7-19-34(39)32-17-5-9-22-37(32)45(43)47/h1-28,43H. The molecule has 0 radical (unpaired) electrons. The molecule has 0 saturated heterocycles. The van der Waals surface area contributed by atoms with Gasteiger partial charge in [0.05, 0.1) is 11.0 Å². The van der Waals surface area contributed by atoms with Gasteiger partial charge in [0.25, 0.3) is 0 Å². The van der Waals surface area contributed by atoms with Gasteiger partial charge in [-0.05, 0) is 90.1 Å². The zero-order chi connectivity index (χ0) is 32.1. The van der Waals surface area contributed by atoms with Crippen LogP contribution in [0.3, 0.4) is 0 Å². The van der Waals surface area contributed by atoms with Crippen molar-refractivity contribution in [3.8, 4) is 5.69 Å². The molecule has 0 N–H and O–H groups in total. The predicted octanol–water partition coefficient (Wildman–Crippen LogP) is 13.0. The van der Waals surface area contributed by atoms with Crippen molar-refractivity contribution in [3.05, 3.63) is 187 Å². The van der Waals surface area contributed by atoms with E-state index in [1.165, 1.54) is 97.1 Å². The van der Waals surface area contributed by atoms with Crippen LogP contribution in [0, 0.1) is 0 Å². The second kappa shape index (κ2) is 10.3. The van der Waals surface area contributed by atoms with Gasteiger partial charge in [-0.1, -0.05) is 151 Å². The number of aromatic nitrogens is 1. The Morgan fingerprint density at radius 1 is 0.347 bits per heavy atom. The van der Waals surface area contributed by atoms with Gasteiger partial charge in [0.15, 0.2) is 0 Å². The van der Waals surface area contributed by atoms with E-state index < -0.39 is 0 Å². The van der Waals surface area contributed by atoms with E-state index in [-0.39, 0.29) is 5.92 Å². The summed E-state index contributed by atoms with van der Waals surface area (Å²) in [5, 5.41) is 13.2. The molecule has 0 atom stereocenters. The Morgan fingerprint density at radius 2 is 0.776 bits per heavy atom. The second-order valence-electron chi connectivity index (χ2n) is 13.2. The van der Waals surface area contributed by atoms with Gasteiger partial charge in [-0.2, -0.15) is 0 Å². The Hall–Kier alpha value is -5.83. The van der Waals surface area contributed by atoms with E-state index in [9.17, 15) is 0 Å². The van der Waals surface area contributed by atoms with Crippen molar-refractivity contribution in [1.29, 1.82) is 0 Å². The third kappa shape index (κ3) is 3.78. The van der Waals surface area contributed by atoms with Crippen LogP contribution in [-0.2, 0) is 0 Å². The fourth-order valence-corrected chi connectivity index (χ4v) is 10.1. The molecule has 0 bridgehead atoms. The highest BCUT2D eigenvalue weighted by atomic mass is 32.2. The van der Waals surface area contributed by atoms with E-state index in [0.29, 0.717) is 0 Å². The molecule has 11 rings (SSSR count). The average Bonchev–Trinajstić information content (AvgIpc) is 3.51. The van der Waals surface area contributed by atoms with E-state index in [0.717, 1.165) is 0 Å². The first-order chi connectivity index (χ1) is 24.3. The van der Waals surface area contributed by atoms with Crippen LogP contribution in [0.5, 0.6) is 0 Å². The lowest BCUT2D eigenvalue weighted by molar-refractivity contribution is 0.940. The lowest BCUT2D eigenvalue weighted by atomic mass is 9.78. The lowest BCUT2D eigenvalue weighted by Crippen LogP contribution is -2.13. The third-order valence-electron chi connectivity index (χ3n) is 10.7. The normalized spacial score (nSPS) is 13.1. The van der Waals surface area contributed by atoms with Crippen molar-refractivity contribution < 1.29 is 0 Å². The average molecular weight is 640 g/mol. The predicted molar refractivity (Wildman–Crippen MR) is 209 cm³/mol. The fourth-order valence-electron chi connectivity index (χ4n) is 8.67. The van der Waals surface area contributed by atoms with Crippen molar-refractivity contribution >= 4 is 76.7 Å². The van der Waals surface area contributed by atoms with Crippen LogP contribution >= 0.6 is 11.8 Å². The summed E-state index contributed by atoms with van der Waals surface area (Å²) in [6.07, 6.45) is 0. The van der Waals surface area contributed by atoms with E-state index in [1.807, 2.05) is 11.8 Å². The summed E-state index contributed by atoms with van der Waals surface area (Å²) in [6, 6.07) is 63.0. The Balaban J connectivity index is 1.32. The molecule has 1 nitrogen and oxygen atoms in total. The minimum absolute atomic E-state index is 0.0403. The molecule has 0 aliphatic carbocycles. The number of hydrogen-bond donors (Lipinski definition) is 0. The number of hydrogen-bond acceptors (Lipinski definition) is 1. The van der Waals surface area contributed by atoms with Gasteiger partial charge >= 0.3 is 0 Å². The van der Waals surface area contributed by atoms with Crippen LogP contribution in [-0.4, -0.2) is 4.57 Å². The molecule has 10 aromatic rings. The van der Waals surface area contributed by atoms with Gasteiger partial charge < -0.3 is 4.57 Å². The third-order valence-corrected chi connectivity index (χ3v) is 12.0. The monoisotopic (exact) mass is 639 g/mol. The van der Waals surface area contributed by atoms with Gasteiger partial charge in [0, 0.05) is 32.2 Å². The largest absolute Gasteiger partial charge is 0.309 e. The lowest BCUT2D eigenvalue weighted by Gasteiger charge is -2.33. The Bertz CT molecular complexity index is 2850. The molecule has 0 saturated carbocycles. The molecule has 1 aliphatic heterocycles. The smallest absolute Gasteiger partial charge is 0.0541 e. The van der Waals surface area contributed by atoms with Crippen LogP contribution in [0.2, 0.25) is 0 Å². The Kier molecular flexibility index (Phi) is 5.73. The first-order valence-electron chi connectivity index (χ1n) is 17.0. The highest BCUT2D eigenvalue weighted by Crippen LogP contribution is 2.57. The van der Waals surface area contributed by atoms with Crippen molar-refractivity contribution in [1.82, 2.24) is 4.57 Å². The molecule has 49 heavy (non-hydrogen) atoms. The number of benzene rings is 9. The molecule has 9 aromatic carbocycles. The van der Waals surface area contributed by atoms with E-state index in [4.69, 9.17) is 0 Å². The highest BCUT2D eigenvalue weighted by molar-refractivity contribution is 8.00. The molecule has 228 valence electrons. The van der Waals surface area contributed by atoms with Crippen molar-refractivity contribution in [2.75, 3.05) is 0 Å². The van der Waals surface area contributed by atoms with E-state index in [1.54, 1.807) is 0 Å². The maximum absolute atomic E-state index is 2.50. The molecular formula is C47H29NS. The van der Waals surface area contributed by atoms with Gasteiger partial charge in [-0.3, -0.25) is 0 Å². The molecule has 0 spiro atoms. The van der Waals surface area contributed by atoms with Gasteiger partial charge in [0.1, 0.15) is 0 Å². The number of fused-ring (bicyclic) bond motifs is 15. The van der Waals surface area contributed by atoms with Crippen LogP contribution in [0.15, 0.2) is 180 Å². The SMILES string of the molecule is c1ccc(-n2c3ccccc3c3cc(C4c5c(c6ccccc6c6ccccc56)Sc5c4c4ccccc4c4ccccc54)ccc32)cc1. The first-order valence-corrected chi connectivity index (χ1v) is 17.8. The summed E-state index contributed by atoms with van der Waals surface area (Å²) in [7, 11) is 0. The quantitative estimate of drug-likeness (QED) is 0.170.